The molecule has 1 saturated heterocycles. The number of nitrogens with two attached hydrogens (primary N) is 1. The van der Waals surface area contributed by atoms with Gasteiger partial charge >= 0.3 is 0 Å². The number of aryl methyl sites for hydroxylation is 1. The fraction of sp³-hybridized carbons (Fsp3) is 0.467. The van der Waals surface area contributed by atoms with Gasteiger partial charge in [0.25, 0.3) is 5.91 Å². The van der Waals surface area contributed by atoms with Gasteiger partial charge in [-0.25, -0.2) is 4.98 Å². The average molecular weight is 304 g/mol. The predicted octanol–water partition coefficient (Wildman–Crippen LogP) is 2.26. The zero-order valence-electron chi connectivity index (χ0n) is 12.1. The Bertz CT molecular complexity index is 633. The molecule has 3 N–H and O–H groups in total. The van der Waals surface area contributed by atoms with E-state index >= 15 is 0 Å². The molecule has 5 nitrogen and oxygen atoms in total. The number of aromatic nitrogens is 2. The molecule has 3 heterocycles. The minimum Gasteiger partial charge on any atom is -0.366 e. The van der Waals surface area contributed by atoms with Gasteiger partial charge in [-0.05, 0) is 32.4 Å². The van der Waals surface area contributed by atoms with E-state index in [2.05, 4.69) is 21.8 Å². The van der Waals surface area contributed by atoms with Crippen molar-refractivity contribution in [1.29, 1.82) is 0 Å². The molecule has 6 heteroatoms. The molecule has 1 unspecified atom stereocenters. The number of likely N-dealkylation sites (tertiary alicyclic amines) is 1. The summed E-state index contributed by atoms with van der Waals surface area (Å²) in [5.74, 6) is 0.00570. The van der Waals surface area contributed by atoms with Gasteiger partial charge in [-0.1, -0.05) is 0 Å². The second-order valence-corrected chi connectivity index (χ2v) is 6.54. The number of hydrogen-bond donors (Lipinski definition) is 2. The minimum atomic E-state index is -0.346. The summed E-state index contributed by atoms with van der Waals surface area (Å²) < 4.78 is 0. The smallest absolute Gasteiger partial charge is 0.250 e. The highest BCUT2D eigenvalue weighted by Crippen LogP contribution is 2.29. The Morgan fingerprint density at radius 1 is 1.62 bits per heavy atom. The lowest BCUT2D eigenvalue weighted by atomic mass is 9.92. The maximum absolute atomic E-state index is 11.5. The molecule has 1 atom stereocenters. The Hall–Kier alpha value is -1.66. The number of carbonyl (C=O) groups excluding carboxylic acids is 1. The maximum atomic E-state index is 11.5. The molecular formula is C15H20N4OS. The number of aromatic amines is 1. The molecule has 1 fully saturated rings. The Balaban J connectivity index is 1.72. The molecule has 2 aromatic rings. The van der Waals surface area contributed by atoms with Crippen molar-refractivity contribution in [2.45, 2.75) is 32.2 Å². The van der Waals surface area contributed by atoms with E-state index in [9.17, 15) is 4.79 Å². The lowest BCUT2D eigenvalue weighted by Gasteiger charge is -2.32. The summed E-state index contributed by atoms with van der Waals surface area (Å²) in [6, 6.07) is 1.78. The van der Waals surface area contributed by atoms with Gasteiger partial charge in [0.2, 0.25) is 0 Å². The van der Waals surface area contributed by atoms with E-state index in [1.807, 2.05) is 11.7 Å². The number of carbonyl (C=O) groups is 1. The van der Waals surface area contributed by atoms with E-state index < -0.39 is 0 Å². The van der Waals surface area contributed by atoms with Gasteiger partial charge in [-0.15, -0.1) is 11.3 Å². The van der Waals surface area contributed by atoms with Gasteiger partial charge in [0.15, 0.2) is 0 Å². The van der Waals surface area contributed by atoms with Crippen LogP contribution in [0, 0.1) is 6.92 Å². The lowest BCUT2D eigenvalue weighted by Crippen LogP contribution is -2.34. The van der Waals surface area contributed by atoms with Crippen LogP contribution in [-0.2, 0) is 6.54 Å². The Morgan fingerprint density at radius 2 is 2.48 bits per heavy atom. The lowest BCUT2D eigenvalue weighted by molar-refractivity contribution is 0.0998. The van der Waals surface area contributed by atoms with Crippen LogP contribution in [0.1, 0.15) is 45.4 Å². The fourth-order valence-corrected chi connectivity index (χ4v) is 3.87. The van der Waals surface area contributed by atoms with Crippen LogP contribution in [-0.4, -0.2) is 33.9 Å². The zero-order valence-corrected chi connectivity index (χ0v) is 12.9. The summed E-state index contributed by atoms with van der Waals surface area (Å²) in [4.78, 5) is 22.8. The average Bonchev–Trinajstić information content (AvgIpc) is 3.09. The predicted molar refractivity (Wildman–Crippen MR) is 83.4 cm³/mol. The number of hydrogen-bond acceptors (Lipinski definition) is 4. The molecule has 0 saturated carbocycles. The van der Waals surface area contributed by atoms with Crippen LogP contribution >= 0.6 is 11.3 Å². The molecule has 0 aliphatic carbocycles. The summed E-state index contributed by atoms with van der Waals surface area (Å²) in [7, 11) is 0. The highest BCUT2D eigenvalue weighted by Gasteiger charge is 2.25. The summed E-state index contributed by atoms with van der Waals surface area (Å²) in [6.07, 6.45) is 4.04. The van der Waals surface area contributed by atoms with E-state index in [0.29, 0.717) is 11.5 Å². The first-order chi connectivity index (χ1) is 10.1. The quantitative estimate of drug-likeness (QED) is 0.909. The van der Waals surface area contributed by atoms with Gasteiger partial charge in [-0.3, -0.25) is 9.69 Å². The standard InChI is InChI=1S/C15H20N4OS/c1-10-13(21-9-18-10)8-19-6-2-3-11(7-19)14-12(15(16)20)4-5-17-14/h4-5,9,11,17H,2-3,6-8H2,1H3,(H2,16,20). The fourth-order valence-electron chi connectivity index (χ4n) is 3.05. The molecule has 21 heavy (non-hydrogen) atoms. The Labute approximate surface area is 128 Å². The van der Waals surface area contributed by atoms with E-state index in [1.165, 1.54) is 4.88 Å². The summed E-state index contributed by atoms with van der Waals surface area (Å²) in [6.45, 7) is 5.06. The highest BCUT2D eigenvalue weighted by atomic mass is 32.1. The Morgan fingerprint density at radius 3 is 3.19 bits per heavy atom. The van der Waals surface area contributed by atoms with Gasteiger partial charge < -0.3 is 10.7 Å². The first kappa shape index (κ1) is 14.3. The first-order valence-electron chi connectivity index (χ1n) is 7.23. The van der Waals surface area contributed by atoms with Crippen molar-refractivity contribution in [3.05, 3.63) is 39.6 Å². The largest absolute Gasteiger partial charge is 0.366 e. The molecule has 1 amide bonds. The number of nitrogens with zero attached hydrogens (tertiary/aromatic N) is 2. The first-order valence-corrected chi connectivity index (χ1v) is 8.11. The van der Waals surface area contributed by atoms with E-state index in [0.717, 1.165) is 43.9 Å². The van der Waals surface area contributed by atoms with Gasteiger partial charge in [-0.2, -0.15) is 0 Å². The van der Waals surface area contributed by atoms with E-state index in [1.54, 1.807) is 17.4 Å². The molecule has 1 aliphatic rings. The second-order valence-electron chi connectivity index (χ2n) is 5.60. The van der Waals surface area contributed by atoms with Gasteiger partial charge in [0.1, 0.15) is 0 Å². The molecule has 1 aliphatic heterocycles. The Kier molecular flexibility index (Phi) is 4.07. The van der Waals surface area contributed by atoms with Gasteiger partial charge in [0, 0.05) is 35.8 Å². The third-order valence-electron chi connectivity index (χ3n) is 4.17. The maximum Gasteiger partial charge on any atom is 0.250 e. The third-order valence-corrected chi connectivity index (χ3v) is 5.09. The number of nitrogens with one attached hydrogen (secondary N) is 1. The minimum absolute atomic E-state index is 0.346. The number of amides is 1. The van der Waals surface area contributed by atoms with Crippen LogP contribution in [0.4, 0.5) is 0 Å². The van der Waals surface area contributed by atoms with Gasteiger partial charge in [0.05, 0.1) is 16.8 Å². The molecule has 2 aromatic heterocycles. The van der Waals surface area contributed by atoms with Crippen molar-refractivity contribution in [3.63, 3.8) is 0 Å². The normalized spacial score (nSPS) is 19.8. The SMILES string of the molecule is Cc1ncsc1CN1CCCC(c2[nH]ccc2C(N)=O)C1. The number of primary amides is 1. The van der Waals surface area contributed by atoms with Crippen LogP contribution in [0.25, 0.3) is 0 Å². The van der Waals surface area contributed by atoms with Crippen molar-refractivity contribution < 1.29 is 4.79 Å². The summed E-state index contributed by atoms with van der Waals surface area (Å²) in [5.41, 5.74) is 10.1. The van der Waals surface area contributed by atoms with Crippen LogP contribution in [0.5, 0.6) is 0 Å². The second kappa shape index (κ2) is 5.99. The van der Waals surface area contributed by atoms with E-state index in [4.69, 9.17) is 5.73 Å². The van der Waals surface area contributed by atoms with Crippen LogP contribution in [0.15, 0.2) is 17.8 Å². The van der Waals surface area contributed by atoms with Crippen molar-refractivity contribution in [1.82, 2.24) is 14.9 Å². The van der Waals surface area contributed by atoms with Crippen molar-refractivity contribution in [2.75, 3.05) is 13.1 Å². The number of thiazole rings is 1. The number of piperidine rings is 1. The highest BCUT2D eigenvalue weighted by molar-refractivity contribution is 7.09. The topological polar surface area (TPSA) is 75.0 Å². The third kappa shape index (κ3) is 3.01. The molecule has 112 valence electrons. The van der Waals surface area contributed by atoms with Crippen LogP contribution < -0.4 is 5.73 Å². The summed E-state index contributed by atoms with van der Waals surface area (Å²) >= 11 is 1.72. The summed E-state index contributed by atoms with van der Waals surface area (Å²) in [5, 5.41) is 0. The van der Waals surface area contributed by atoms with Crippen molar-refractivity contribution >= 4 is 17.2 Å². The number of H-pyrrole nitrogens is 1. The zero-order chi connectivity index (χ0) is 14.8. The molecule has 0 spiro atoms. The monoisotopic (exact) mass is 304 g/mol. The van der Waals surface area contributed by atoms with Crippen LogP contribution in [0.2, 0.25) is 0 Å². The number of rotatable bonds is 4. The molecule has 0 aromatic carbocycles. The van der Waals surface area contributed by atoms with Crippen molar-refractivity contribution in [2.24, 2.45) is 5.73 Å². The molecule has 3 rings (SSSR count). The molecular weight excluding hydrogens is 284 g/mol. The van der Waals surface area contributed by atoms with Crippen molar-refractivity contribution in [3.8, 4) is 0 Å². The van der Waals surface area contributed by atoms with Crippen LogP contribution in [0.3, 0.4) is 0 Å². The molecule has 0 radical (unpaired) electrons. The molecule has 0 bridgehead atoms. The van der Waals surface area contributed by atoms with E-state index in [-0.39, 0.29) is 5.91 Å².